The largest absolute Gasteiger partial charge is 0.447 e. The third-order valence-corrected chi connectivity index (χ3v) is 4.50. The maximum Gasteiger partial charge on any atom is 0.373 e. The number of ether oxygens (including phenoxy) is 1. The summed E-state index contributed by atoms with van der Waals surface area (Å²) in [5.41, 5.74) is 0. The third-order valence-electron chi connectivity index (χ3n) is 1.43. The molecule has 0 saturated carbocycles. The molecule has 5 nitrogen and oxygen atoms in total. The van der Waals surface area contributed by atoms with Crippen LogP contribution in [0.2, 0.25) is 0 Å². The summed E-state index contributed by atoms with van der Waals surface area (Å²) >= 11 is 11.2. The molecule has 0 aliphatic carbocycles. The Morgan fingerprint density at radius 3 is 1.94 bits per heavy atom. The molecule has 0 spiro atoms. The van der Waals surface area contributed by atoms with Gasteiger partial charge in [0, 0.05) is 6.92 Å². The molecule has 96 valence electrons. The van der Waals surface area contributed by atoms with Crippen molar-refractivity contribution in [3.63, 3.8) is 0 Å². The second-order valence-electron chi connectivity index (χ2n) is 2.71. The van der Waals surface area contributed by atoms with Gasteiger partial charge in [0.25, 0.3) is 0 Å². The monoisotopic (exact) mass is 292 g/mol. The molecule has 0 aromatic rings. The Balaban J connectivity index is 4.93. The minimum atomic E-state index is -3.65. The highest BCUT2D eigenvalue weighted by Crippen LogP contribution is 2.56. The molecule has 16 heavy (non-hydrogen) atoms. The minimum absolute atomic E-state index is 0.134. The predicted octanol–water partition coefficient (Wildman–Crippen LogP) is 2.95. The summed E-state index contributed by atoms with van der Waals surface area (Å²) in [5.74, 6) is -1.97. The van der Waals surface area contributed by atoms with E-state index in [4.69, 9.17) is 37.0 Å². The van der Waals surface area contributed by atoms with Crippen molar-refractivity contribution in [2.75, 3.05) is 13.2 Å². The van der Waals surface area contributed by atoms with Gasteiger partial charge in [0.1, 0.15) is 0 Å². The summed E-state index contributed by atoms with van der Waals surface area (Å²) in [6.45, 7) is 4.69. The maximum atomic E-state index is 12.2. The first kappa shape index (κ1) is 16.2. The summed E-state index contributed by atoms with van der Waals surface area (Å²) in [6, 6.07) is 0. The zero-order chi connectivity index (χ0) is 12.8. The molecular formula is C8H15Cl2O5P. The molecule has 8 heteroatoms. The van der Waals surface area contributed by atoms with Crippen LogP contribution < -0.4 is 0 Å². The van der Waals surface area contributed by atoms with Gasteiger partial charge in [0.2, 0.25) is 5.85 Å². The van der Waals surface area contributed by atoms with Crippen LogP contribution in [0.15, 0.2) is 0 Å². The van der Waals surface area contributed by atoms with Crippen molar-refractivity contribution < 1.29 is 23.1 Å². The van der Waals surface area contributed by atoms with Crippen LogP contribution in [0.25, 0.3) is 0 Å². The Morgan fingerprint density at radius 2 is 1.69 bits per heavy atom. The van der Waals surface area contributed by atoms with E-state index in [0.29, 0.717) is 0 Å². The molecular weight excluding hydrogens is 278 g/mol. The number of halogens is 2. The van der Waals surface area contributed by atoms with Crippen molar-refractivity contribution in [2.24, 2.45) is 0 Å². The van der Waals surface area contributed by atoms with Gasteiger partial charge in [-0.3, -0.25) is 9.36 Å². The van der Waals surface area contributed by atoms with Gasteiger partial charge in [-0.05, 0) is 13.8 Å². The second-order valence-corrected chi connectivity index (χ2v) is 5.98. The van der Waals surface area contributed by atoms with Crippen molar-refractivity contribution in [2.45, 2.75) is 31.5 Å². The topological polar surface area (TPSA) is 61.8 Å². The second kappa shape index (κ2) is 7.51. The minimum Gasteiger partial charge on any atom is -0.447 e. The molecule has 1 atom stereocenters. The van der Waals surface area contributed by atoms with E-state index >= 15 is 0 Å². The SMILES string of the molecule is CCOP(=O)(OCC)C(OC(C)=O)C(Cl)Cl. The first-order valence-electron chi connectivity index (χ1n) is 4.71. The van der Waals surface area contributed by atoms with Gasteiger partial charge in [-0.2, -0.15) is 0 Å². The van der Waals surface area contributed by atoms with Crippen LogP contribution in [0.1, 0.15) is 20.8 Å². The van der Waals surface area contributed by atoms with Crippen LogP contribution in [0.3, 0.4) is 0 Å². The molecule has 0 bridgehead atoms. The van der Waals surface area contributed by atoms with E-state index in [1.54, 1.807) is 13.8 Å². The molecule has 0 fully saturated rings. The standard InChI is InChI=1S/C8H15Cl2O5P/c1-4-13-16(12,14-5-2)8(7(9)10)15-6(3)11/h7-8H,4-5H2,1-3H3. The quantitative estimate of drug-likeness (QED) is 0.410. The van der Waals surface area contributed by atoms with Crippen molar-refractivity contribution >= 4 is 36.8 Å². The zero-order valence-corrected chi connectivity index (χ0v) is 11.7. The lowest BCUT2D eigenvalue weighted by molar-refractivity contribution is -0.143. The number of esters is 1. The van der Waals surface area contributed by atoms with Crippen LogP contribution in [-0.2, 0) is 23.1 Å². The van der Waals surface area contributed by atoms with E-state index in [2.05, 4.69) is 0 Å². The average molecular weight is 293 g/mol. The van der Waals surface area contributed by atoms with E-state index in [9.17, 15) is 9.36 Å². The van der Waals surface area contributed by atoms with Crippen LogP contribution in [0.4, 0.5) is 0 Å². The first-order valence-corrected chi connectivity index (χ1v) is 7.20. The highest BCUT2D eigenvalue weighted by atomic mass is 35.5. The number of hydrogen-bond donors (Lipinski definition) is 0. The molecule has 0 aromatic carbocycles. The first-order chi connectivity index (χ1) is 7.37. The van der Waals surface area contributed by atoms with Crippen LogP contribution in [0.5, 0.6) is 0 Å². The Bertz CT molecular complexity index is 261. The van der Waals surface area contributed by atoms with Gasteiger partial charge >= 0.3 is 13.6 Å². The van der Waals surface area contributed by atoms with Gasteiger partial charge in [-0.25, -0.2) is 0 Å². The Hall–Kier alpha value is 0.200. The summed E-state index contributed by atoms with van der Waals surface area (Å²) in [7, 11) is -3.65. The Morgan fingerprint density at radius 1 is 1.25 bits per heavy atom. The fraction of sp³-hybridized carbons (Fsp3) is 0.875. The average Bonchev–Trinajstić information content (AvgIpc) is 2.14. The Kier molecular flexibility index (Phi) is 7.61. The van der Waals surface area contributed by atoms with Crippen molar-refractivity contribution in [3.05, 3.63) is 0 Å². The van der Waals surface area contributed by atoms with E-state index in [-0.39, 0.29) is 13.2 Å². The number of carbonyl (C=O) groups is 1. The lowest BCUT2D eigenvalue weighted by atomic mass is 10.7. The lowest BCUT2D eigenvalue weighted by Crippen LogP contribution is -2.25. The predicted molar refractivity (Wildman–Crippen MR) is 61.9 cm³/mol. The number of alkyl halides is 2. The van der Waals surface area contributed by atoms with Crippen molar-refractivity contribution in [3.8, 4) is 0 Å². The highest BCUT2D eigenvalue weighted by molar-refractivity contribution is 7.54. The molecule has 1 unspecified atom stereocenters. The maximum absolute atomic E-state index is 12.2. The van der Waals surface area contributed by atoms with Crippen LogP contribution in [0, 0.1) is 0 Å². The highest BCUT2D eigenvalue weighted by Gasteiger charge is 2.42. The van der Waals surface area contributed by atoms with E-state index in [1.807, 2.05) is 0 Å². The summed E-state index contributed by atoms with van der Waals surface area (Å²) in [4.78, 5) is 9.65. The molecule has 0 aliphatic heterocycles. The molecule has 0 N–H and O–H groups in total. The Labute approximate surface area is 105 Å². The molecule has 0 aromatic heterocycles. The van der Waals surface area contributed by atoms with Crippen LogP contribution >= 0.6 is 30.8 Å². The van der Waals surface area contributed by atoms with Gasteiger partial charge in [-0.15, -0.1) is 23.2 Å². The zero-order valence-electron chi connectivity index (χ0n) is 9.31. The van der Waals surface area contributed by atoms with Gasteiger partial charge < -0.3 is 13.8 Å². The number of carbonyl (C=O) groups excluding carboxylic acids is 1. The molecule has 0 aliphatic rings. The summed E-state index contributed by atoms with van der Waals surface area (Å²) in [6.07, 6.45) is 0. The third kappa shape index (κ3) is 5.02. The normalized spacial score (nSPS) is 13.9. The van der Waals surface area contributed by atoms with Gasteiger partial charge in [0.15, 0.2) is 4.84 Å². The fourth-order valence-electron chi connectivity index (χ4n) is 0.968. The molecule has 0 rings (SSSR count). The molecule has 0 heterocycles. The van der Waals surface area contributed by atoms with Crippen molar-refractivity contribution in [1.82, 2.24) is 0 Å². The smallest absolute Gasteiger partial charge is 0.373 e. The molecule has 0 saturated heterocycles. The number of rotatable bonds is 7. The van der Waals surface area contributed by atoms with E-state index in [0.717, 1.165) is 6.92 Å². The van der Waals surface area contributed by atoms with E-state index in [1.165, 1.54) is 0 Å². The van der Waals surface area contributed by atoms with Gasteiger partial charge in [-0.1, -0.05) is 0 Å². The number of hydrogen-bond acceptors (Lipinski definition) is 5. The van der Waals surface area contributed by atoms with Crippen LogP contribution in [-0.4, -0.2) is 29.9 Å². The summed E-state index contributed by atoms with van der Waals surface area (Å²) in [5, 5.41) is 0. The van der Waals surface area contributed by atoms with Crippen molar-refractivity contribution in [1.29, 1.82) is 0 Å². The molecule has 0 radical (unpaired) electrons. The fourth-order valence-corrected chi connectivity index (χ4v) is 3.54. The van der Waals surface area contributed by atoms with Gasteiger partial charge in [0.05, 0.1) is 13.2 Å². The molecule has 0 amide bonds. The summed E-state index contributed by atoms with van der Waals surface area (Å²) < 4.78 is 26.9. The van der Waals surface area contributed by atoms with E-state index < -0.39 is 24.2 Å². The lowest BCUT2D eigenvalue weighted by Gasteiger charge is -2.26.